The first-order valence-electron chi connectivity index (χ1n) is 13.5. The second-order valence-electron chi connectivity index (χ2n) is 10.6. The molecule has 1 amide bonds. The summed E-state index contributed by atoms with van der Waals surface area (Å²) in [7, 11) is -3.69. The Balaban J connectivity index is 1.43. The molecule has 41 heavy (non-hydrogen) atoms. The molecule has 1 aromatic heterocycles. The van der Waals surface area contributed by atoms with Gasteiger partial charge in [-0.3, -0.25) is 9.10 Å². The molecular weight excluding hydrogens is 543 g/mol. The highest BCUT2D eigenvalue weighted by atomic mass is 32.2. The lowest BCUT2D eigenvalue weighted by molar-refractivity contribution is 0.1000. The van der Waals surface area contributed by atoms with Crippen molar-refractivity contribution < 1.29 is 26.8 Å². The molecule has 1 heterocycles. The molecule has 0 spiro atoms. The van der Waals surface area contributed by atoms with Crippen molar-refractivity contribution in [2.45, 2.75) is 38.2 Å². The molecule has 1 aliphatic rings. The highest BCUT2D eigenvalue weighted by Gasteiger charge is 2.33. The summed E-state index contributed by atoms with van der Waals surface area (Å²) in [4.78, 5) is 12.5. The molecule has 214 valence electrons. The van der Waals surface area contributed by atoms with E-state index in [-0.39, 0.29) is 30.3 Å². The number of anilines is 1. The third kappa shape index (κ3) is 6.86. The van der Waals surface area contributed by atoms with Crippen LogP contribution in [-0.2, 0) is 27.8 Å². The minimum absolute atomic E-state index is 0.0879. The lowest BCUT2D eigenvalue weighted by atomic mass is 10.0. The number of carbonyl (C=O) groups excluding carboxylic acids is 1. The quantitative estimate of drug-likeness (QED) is 0.154. The second kappa shape index (κ2) is 11.9. The Morgan fingerprint density at radius 1 is 1.10 bits per heavy atom. The Labute approximate surface area is 239 Å². The number of carbonyl (C=O) groups is 1. The highest BCUT2D eigenvalue weighted by Crippen LogP contribution is 2.47. The maximum Gasteiger partial charge on any atom is 0.252 e. The SMILES string of the molecule is C=C(CCOCc1ccccc1)CN(c1cc2oc(Cc3ccc(F)cc3)c(C(N)=O)c2cc1C1CC1)S(C)(=O)=O. The van der Waals surface area contributed by atoms with Crippen LogP contribution in [0.4, 0.5) is 10.1 Å². The van der Waals surface area contributed by atoms with E-state index in [9.17, 15) is 17.6 Å². The van der Waals surface area contributed by atoms with E-state index >= 15 is 0 Å². The van der Waals surface area contributed by atoms with Gasteiger partial charge in [0.15, 0.2) is 0 Å². The number of amides is 1. The molecule has 0 unspecified atom stereocenters. The number of nitrogens with two attached hydrogens (primary N) is 1. The van der Waals surface area contributed by atoms with E-state index in [4.69, 9.17) is 14.9 Å². The van der Waals surface area contributed by atoms with Crippen LogP contribution >= 0.6 is 0 Å². The van der Waals surface area contributed by atoms with Gasteiger partial charge in [-0.2, -0.15) is 0 Å². The van der Waals surface area contributed by atoms with E-state index in [1.54, 1.807) is 18.2 Å². The first kappa shape index (κ1) is 28.6. The first-order chi connectivity index (χ1) is 19.6. The van der Waals surface area contributed by atoms with Gasteiger partial charge in [0.05, 0.1) is 37.3 Å². The Morgan fingerprint density at radius 3 is 2.44 bits per heavy atom. The van der Waals surface area contributed by atoms with Gasteiger partial charge in [0.2, 0.25) is 10.0 Å². The van der Waals surface area contributed by atoms with Gasteiger partial charge >= 0.3 is 0 Å². The number of halogens is 1. The number of sulfonamides is 1. The van der Waals surface area contributed by atoms with Crippen LogP contribution in [0.5, 0.6) is 0 Å². The second-order valence-corrected chi connectivity index (χ2v) is 12.5. The molecule has 9 heteroatoms. The maximum atomic E-state index is 13.4. The number of nitrogens with zero attached hydrogens (tertiary/aromatic N) is 1. The van der Waals surface area contributed by atoms with Gasteiger partial charge in [-0.05, 0) is 60.1 Å². The van der Waals surface area contributed by atoms with Crippen molar-refractivity contribution in [2.75, 3.05) is 23.7 Å². The molecule has 2 N–H and O–H groups in total. The van der Waals surface area contributed by atoms with E-state index < -0.39 is 15.9 Å². The number of benzene rings is 3. The molecule has 1 saturated carbocycles. The fourth-order valence-corrected chi connectivity index (χ4v) is 5.90. The van der Waals surface area contributed by atoms with Gasteiger partial charge in [0.1, 0.15) is 17.2 Å². The molecule has 7 nitrogen and oxygen atoms in total. The van der Waals surface area contributed by atoms with Crippen LogP contribution in [0.1, 0.15) is 58.0 Å². The van der Waals surface area contributed by atoms with Crippen molar-refractivity contribution in [3.05, 3.63) is 113 Å². The minimum atomic E-state index is -3.69. The van der Waals surface area contributed by atoms with Crippen LogP contribution < -0.4 is 10.0 Å². The summed E-state index contributed by atoms with van der Waals surface area (Å²) in [6.45, 7) is 5.09. The number of hydrogen-bond donors (Lipinski definition) is 1. The van der Waals surface area contributed by atoms with Gasteiger partial charge < -0.3 is 14.9 Å². The van der Waals surface area contributed by atoms with Crippen LogP contribution in [0, 0.1) is 5.82 Å². The normalized spacial score (nSPS) is 13.4. The van der Waals surface area contributed by atoms with Crippen molar-refractivity contribution in [1.82, 2.24) is 0 Å². The van der Waals surface area contributed by atoms with Crippen molar-refractivity contribution >= 4 is 32.6 Å². The molecule has 5 rings (SSSR count). The third-order valence-corrected chi connectivity index (χ3v) is 8.33. The number of fused-ring (bicyclic) bond motifs is 1. The molecule has 0 bridgehead atoms. The van der Waals surface area contributed by atoms with Crippen molar-refractivity contribution in [3.8, 4) is 0 Å². The first-order valence-corrected chi connectivity index (χ1v) is 15.3. The zero-order valence-corrected chi connectivity index (χ0v) is 23.8. The Bertz CT molecular complexity index is 1680. The van der Waals surface area contributed by atoms with Crippen LogP contribution in [0.25, 0.3) is 11.0 Å². The van der Waals surface area contributed by atoms with Crippen molar-refractivity contribution in [3.63, 3.8) is 0 Å². The van der Waals surface area contributed by atoms with Crippen LogP contribution in [0.3, 0.4) is 0 Å². The van der Waals surface area contributed by atoms with E-state index in [1.807, 2.05) is 36.4 Å². The molecular formula is C32H33FN2O5S. The molecule has 3 aromatic carbocycles. The molecule has 0 atom stereocenters. The van der Waals surface area contributed by atoms with Gasteiger partial charge in [-0.15, -0.1) is 0 Å². The van der Waals surface area contributed by atoms with Crippen molar-refractivity contribution in [1.29, 1.82) is 0 Å². The number of furan rings is 1. The van der Waals surface area contributed by atoms with E-state index in [0.717, 1.165) is 29.5 Å². The Kier molecular flexibility index (Phi) is 8.28. The summed E-state index contributed by atoms with van der Waals surface area (Å²) in [5, 5.41) is 0.543. The molecule has 1 aliphatic carbocycles. The molecule has 4 aromatic rings. The van der Waals surface area contributed by atoms with E-state index in [0.29, 0.717) is 47.6 Å². The monoisotopic (exact) mass is 576 g/mol. The summed E-state index contributed by atoms with van der Waals surface area (Å²) < 4.78 is 52.8. The Hall–Kier alpha value is -3.95. The average Bonchev–Trinajstić information content (AvgIpc) is 3.71. The molecule has 1 fully saturated rings. The summed E-state index contributed by atoms with van der Waals surface area (Å²) in [6.07, 6.45) is 3.72. The predicted octanol–water partition coefficient (Wildman–Crippen LogP) is 6.07. The summed E-state index contributed by atoms with van der Waals surface area (Å²) >= 11 is 0. The zero-order valence-electron chi connectivity index (χ0n) is 22.9. The Morgan fingerprint density at radius 2 is 1.80 bits per heavy atom. The number of rotatable bonds is 13. The fraction of sp³-hybridized carbons (Fsp3) is 0.281. The summed E-state index contributed by atoms with van der Waals surface area (Å²) in [5.41, 5.74) is 10.3. The fourth-order valence-electron chi connectivity index (χ4n) is 4.96. The summed E-state index contributed by atoms with van der Waals surface area (Å²) in [5.74, 6) is -0.488. The topological polar surface area (TPSA) is 103 Å². The van der Waals surface area contributed by atoms with Crippen LogP contribution in [0.15, 0.2) is 83.3 Å². The molecule has 0 saturated heterocycles. The minimum Gasteiger partial charge on any atom is -0.460 e. The largest absolute Gasteiger partial charge is 0.460 e. The van der Waals surface area contributed by atoms with Crippen LogP contribution in [-0.4, -0.2) is 33.7 Å². The van der Waals surface area contributed by atoms with Gasteiger partial charge in [0, 0.05) is 17.9 Å². The standard InChI is InChI=1S/C32H33FN2O5S/c1-21(14-15-39-20-23-6-4-3-5-7-23)19-35(41(2,37)38)28-18-29-27(17-26(28)24-10-11-24)31(32(34)36)30(40-29)16-22-8-12-25(33)13-9-22/h3-9,12-13,17-18,24H,1,10-11,14-16,19-20H2,2H3,(H2,34,36). The lowest BCUT2D eigenvalue weighted by Crippen LogP contribution is -2.32. The maximum absolute atomic E-state index is 13.4. The van der Waals surface area contributed by atoms with Gasteiger partial charge in [-0.25, -0.2) is 12.8 Å². The smallest absolute Gasteiger partial charge is 0.252 e. The molecule has 0 aliphatic heterocycles. The zero-order chi connectivity index (χ0) is 29.1. The summed E-state index contributed by atoms with van der Waals surface area (Å²) in [6, 6.07) is 19.3. The van der Waals surface area contributed by atoms with E-state index in [2.05, 4.69) is 6.58 Å². The number of hydrogen-bond acceptors (Lipinski definition) is 5. The predicted molar refractivity (Wildman–Crippen MR) is 158 cm³/mol. The number of ether oxygens (including phenoxy) is 1. The van der Waals surface area contributed by atoms with Gasteiger partial charge in [0.25, 0.3) is 5.91 Å². The lowest BCUT2D eigenvalue weighted by Gasteiger charge is -2.26. The van der Waals surface area contributed by atoms with E-state index in [1.165, 1.54) is 22.7 Å². The third-order valence-electron chi connectivity index (χ3n) is 7.20. The van der Waals surface area contributed by atoms with Crippen LogP contribution in [0.2, 0.25) is 0 Å². The van der Waals surface area contributed by atoms with Crippen molar-refractivity contribution in [2.24, 2.45) is 5.73 Å². The number of primary amides is 1. The molecule has 0 radical (unpaired) electrons. The van der Waals surface area contributed by atoms with Gasteiger partial charge in [-0.1, -0.05) is 54.6 Å². The average molecular weight is 577 g/mol. The highest BCUT2D eigenvalue weighted by molar-refractivity contribution is 7.92.